The highest BCUT2D eigenvalue weighted by Crippen LogP contribution is 2.49. The van der Waals surface area contributed by atoms with E-state index in [0.717, 1.165) is 12.8 Å². The highest BCUT2D eigenvalue weighted by molar-refractivity contribution is 6.83. The third-order valence-electron chi connectivity index (χ3n) is 7.54. The van der Waals surface area contributed by atoms with Crippen LogP contribution in [0.3, 0.4) is 0 Å². The van der Waals surface area contributed by atoms with E-state index in [4.69, 9.17) is 13.0 Å². The average molecular weight is 483 g/mol. The van der Waals surface area contributed by atoms with E-state index in [1.807, 2.05) is 0 Å². The molecule has 0 aromatic carbocycles. The Morgan fingerprint density at radius 1 is 0.938 bits per heavy atom. The maximum absolute atomic E-state index is 12.6. The van der Waals surface area contributed by atoms with E-state index in [0.29, 0.717) is 23.3 Å². The maximum Gasteiger partial charge on any atom is 0.334 e. The van der Waals surface area contributed by atoms with Gasteiger partial charge in [0.1, 0.15) is 0 Å². The molecule has 1 aliphatic carbocycles. The van der Waals surface area contributed by atoms with Gasteiger partial charge < -0.3 is 13.0 Å². The van der Waals surface area contributed by atoms with Crippen LogP contribution in [0.15, 0.2) is 15.8 Å². The Balaban J connectivity index is 2.04. The zero-order valence-electron chi connectivity index (χ0n) is 21.2. The van der Waals surface area contributed by atoms with Gasteiger partial charge in [-0.05, 0) is 41.9 Å². The van der Waals surface area contributed by atoms with E-state index in [1.165, 1.54) is 0 Å². The zero-order chi connectivity index (χ0) is 24.0. The van der Waals surface area contributed by atoms with E-state index in [-0.39, 0.29) is 40.4 Å². The first-order valence-electron chi connectivity index (χ1n) is 12.2. The number of rotatable bonds is 5. The molecule has 7 nitrogen and oxygen atoms in total. The molecule has 9 heteroatoms. The van der Waals surface area contributed by atoms with Crippen LogP contribution >= 0.6 is 0 Å². The van der Waals surface area contributed by atoms with E-state index in [2.05, 4.69) is 60.4 Å². The van der Waals surface area contributed by atoms with Crippen molar-refractivity contribution < 1.29 is 13.0 Å². The monoisotopic (exact) mass is 482 g/mol. The van der Waals surface area contributed by atoms with Gasteiger partial charge in [0.25, 0.3) is 5.56 Å². The molecule has 2 aliphatic rings. The Kier molecular flexibility index (Phi) is 7.47. The van der Waals surface area contributed by atoms with Gasteiger partial charge in [-0.2, -0.15) is 0 Å². The Hall–Kier alpha value is -1.01. The molecular formula is C23H42N2O5Si2. The summed E-state index contributed by atoms with van der Waals surface area (Å²) in [5, 5.41) is 0. The fourth-order valence-corrected chi connectivity index (χ4v) is 17.0. The number of nitrogens with one attached hydrogen (secondary N) is 1. The molecule has 3 rings (SSSR count). The van der Waals surface area contributed by atoms with Crippen molar-refractivity contribution in [2.45, 2.75) is 109 Å². The second-order valence-corrected chi connectivity index (χ2v) is 19.8. The van der Waals surface area contributed by atoms with Gasteiger partial charge in [-0.25, -0.2) is 4.79 Å². The van der Waals surface area contributed by atoms with Crippen molar-refractivity contribution in [2.24, 2.45) is 5.92 Å². The molecular weight excluding hydrogens is 440 g/mol. The third kappa shape index (κ3) is 4.38. The van der Waals surface area contributed by atoms with Gasteiger partial charge in [-0.15, -0.1) is 0 Å². The van der Waals surface area contributed by atoms with Gasteiger partial charge in [0.2, 0.25) is 0 Å². The summed E-state index contributed by atoms with van der Waals surface area (Å²) in [7, 11) is -5.19. The first-order valence-corrected chi connectivity index (χ1v) is 16.1. The Labute approximate surface area is 194 Å². The van der Waals surface area contributed by atoms with E-state index < -0.39 is 17.1 Å². The van der Waals surface area contributed by atoms with Crippen molar-refractivity contribution in [3.05, 3.63) is 32.6 Å². The minimum Gasteiger partial charge on any atom is -0.414 e. The quantitative estimate of drug-likeness (QED) is 0.612. The summed E-state index contributed by atoms with van der Waals surface area (Å²) in [6.07, 6.45) is 3.22. The molecule has 3 atom stereocenters. The van der Waals surface area contributed by atoms with Crippen molar-refractivity contribution in [3.63, 3.8) is 0 Å². The standard InChI is InChI=1S/C23H42N2O5Si2/c1-14(2)31(15(3)4)28-13-19-10-20(25-12-18(9)22(26)24-23(25)27)11-21(19)29-32(30-31,16(5)6)17(7)8/h12,14-17,19-21H,10-11,13H2,1-9H3,(H,24,26,27)/t19-,20?,21?/m1/s1. The summed E-state index contributed by atoms with van der Waals surface area (Å²) in [5.41, 5.74) is 1.08. The maximum atomic E-state index is 12.6. The molecule has 0 spiro atoms. The van der Waals surface area contributed by atoms with Crippen molar-refractivity contribution in [2.75, 3.05) is 6.61 Å². The van der Waals surface area contributed by atoms with Crippen LogP contribution in [0.25, 0.3) is 0 Å². The molecule has 1 saturated carbocycles. The molecule has 0 amide bonds. The van der Waals surface area contributed by atoms with E-state index in [9.17, 15) is 9.59 Å². The van der Waals surface area contributed by atoms with Crippen LogP contribution in [0.5, 0.6) is 0 Å². The lowest BCUT2D eigenvalue weighted by molar-refractivity contribution is 0.0367. The van der Waals surface area contributed by atoms with E-state index in [1.54, 1.807) is 17.7 Å². The largest absolute Gasteiger partial charge is 0.414 e. The van der Waals surface area contributed by atoms with Crippen LogP contribution in [0.2, 0.25) is 22.2 Å². The highest BCUT2D eigenvalue weighted by Gasteiger charge is 2.59. The zero-order valence-corrected chi connectivity index (χ0v) is 23.2. The van der Waals surface area contributed by atoms with Gasteiger partial charge >= 0.3 is 22.8 Å². The minimum atomic E-state index is -2.64. The van der Waals surface area contributed by atoms with Crippen LogP contribution in [0.1, 0.15) is 79.8 Å². The highest BCUT2D eigenvalue weighted by atomic mass is 28.5. The molecule has 1 N–H and O–H groups in total. The summed E-state index contributed by atoms with van der Waals surface area (Å²) in [4.78, 5) is 26.9. The molecule has 32 heavy (non-hydrogen) atoms. The fraction of sp³-hybridized carbons (Fsp3) is 0.826. The molecule has 2 fully saturated rings. The number of fused-ring (bicyclic) bond motifs is 1. The molecule has 182 valence electrons. The number of nitrogens with zero attached hydrogens (tertiary/aromatic N) is 1. The van der Waals surface area contributed by atoms with Crippen LogP contribution in [-0.2, 0) is 13.0 Å². The summed E-state index contributed by atoms with van der Waals surface area (Å²) >= 11 is 0. The molecule has 1 aromatic rings. The minimum absolute atomic E-state index is 0.0121. The third-order valence-corrected chi connectivity index (χ3v) is 17.8. The van der Waals surface area contributed by atoms with Crippen LogP contribution in [0, 0.1) is 12.8 Å². The Bertz CT molecular complexity index is 908. The van der Waals surface area contributed by atoms with Gasteiger partial charge in [-0.3, -0.25) is 14.3 Å². The summed E-state index contributed by atoms with van der Waals surface area (Å²) in [6, 6.07) is -0.0186. The van der Waals surface area contributed by atoms with Gasteiger partial charge in [0, 0.05) is 30.3 Å². The Morgan fingerprint density at radius 3 is 2.03 bits per heavy atom. The lowest BCUT2D eigenvalue weighted by atomic mass is 10.1. The molecule has 1 saturated heterocycles. The first kappa shape index (κ1) is 25.6. The van der Waals surface area contributed by atoms with Gasteiger partial charge in [-0.1, -0.05) is 55.4 Å². The van der Waals surface area contributed by atoms with Crippen LogP contribution in [0.4, 0.5) is 0 Å². The van der Waals surface area contributed by atoms with Gasteiger partial charge in [0.05, 0.1) is 6.10 Å². The SMILES string of the molecule is Cc1cn(C2CC3O[Si](C(C)C)(C(C)C)O[Si](C(C)C)(C(C)C)OC[C@H]3C2)c(=O)[nH]c1=O. The Morgan fingerprint density at radius 2 is 1.50 bits per heavy atom. The van der Waals surface area contributed by atoms with Crippen LogP contribution < -0.4 is 11.2 Å². The second kappa shape index (κ2) is 9.33. The molecule has 2 heterocycles. The summed E-state index contributed by atoms with van der Waals surface area (Å²) in [6.45, 7) is 20.2. The number of H-pyrrole nitrogens is 1. The number of aryl methyl sites for hydroxylation is 1. The lowest BCUT2D eigenvalue weighted by Crippen LogP contribution is -2.64. The van der Waals surface area contributed by atoms with Crippen molar-refractivity contribution >= 4 is 17.1 Å². The fourth-order valence-electron chi connectivity index (χ4n) is 5.65. The smallest absolute Gasteiger partial charge is 0.334 e. The summed E-state index contributed by atoms with van der Waals surface area (Å²) in [5.74, 6) is 0.205. The van der Waals surface area contributed by atoms with Crippen molar-refractivity contribution in [1.82, 2.24) is 9.55 Å². The van der Waals surface area contributed by atoms with Crippen LogP contribution in [-0.4, -0.2) is 39.4 Å². The molecule has 0 radical (unpaired) electrons. The first-order chi connectivity index (χ1) is 14.8. The lowest BCUT2D eigenvalue weighted by Gasteiger charge is -2.51. The predicted octanol–water partition coefficient (Wildman–Crippen LogP) is 4.75. The molecule has 0 bridgehead atoms. The number of hydrogen-bond donors (Lipinski definition) is 1. The normalized spacial score (nSPS) is 27.7. The molecule has 1 aliphatic heterocycles. The number of aromatic nitrogens is 2. The molecule has 2 unspecified atom stereocenters. The average Bonchev–Trinajstić information content (AvgIpc) is 3.05. The predicted molar refractivity (Wildman–Crippen MR) is 132 cm³/mol. The van der Waals surface area contributed by atoms with E-state index >= 15 is 0 Å². The summed E-state index contributed by atoms with van der Waals surface area (Å²) < 4.78 is 22.9. The van der Waals surface area contributed by atoms with Crippen molar-refractivity contribution in [3.8, 4) is 0 Å². The topological polar surface area (TPSA) is 82.6 Å². The number of aromatic amines is 1. The van der Waals surface area contributed by atoms with Gasteiger partial charge in [0.15, 0.2) is 0 Å². The number of hydrogen-bond acceptors (Lipinski definition) is 5. The second-order valence-electron chi connectivity index (χ2n) is 11.0. The van der Waals surface area contributed by atoms with Crippen molar-refractivity contribution in [1.29, 1.82) is 0 Å². The molecule has 1 aromatic heterocycles.